The van der Waals surface area contributed by atoms with Crippen LogP contribution in [0.1, 0.15) is 22.3 Å². The molecule has 7 heteroatoms. The fourth-order valence-corrected chi connectivity index (χ4v) is 4.85. The molecule has 3 rings (SSSR count). The smallest absolute Gasteiger partial charge is 0.264 e. The molecule has 0 radical (unpaired) electrons. The minimum absolute atomic E-state index is 0.134. The van der Waals surface area contributed by atoms with Crippen molar-refractivity contribution < 1.29 is 17.9 Å². The zero-order valence-corrected chi connectivity index (χ0v) is 20.3. The van der Waals surface area contributed by atoms with E-state index in [4.69, 9.17) is 4.74 Å². The molecule has 6 nitrogen and oxygen atoms in total. The van der Waals surface area contributed by atoms with Crippen molar-refractivity contribution in [2.24, 2.45) is 0 Å². The Bertz CT molecular complexity index is 1220. The predicted molar refractivity (Wildman–Crippen MR) is 131 cm³/mol. The van der Waals surface area contributed by atoms with Crippen molar-refractivity contribution in [3.63, 3.8) is 0 Å². The number of nitrogens with one attached hydrogen (secondary N) is 1. The third-order valence-electron chi connectivity index (χ3n) is 5.41. The Labute approximate surface area is 196 Å². The predicted octanol–water partition coefficient (Wildman–Crippen LogP) is 4.31. The van der Waals surface area contributed by atoms with E-state index in [-0.39, 0.29) is 24.6 Å². The molecule has 33 heavy (non-hydrogen) atoms. The zero-order chi connectivity index (χ0) is 24.0. The van der Waals surface area contributed by atoms with Crippen molar-refractivity contribution in [2.45, 2.75) is 32.6 Å². The van der Waals surface area contributed by atoms with Gasteiger partial charge in [0.1, 0.15) is 18.9 Å². The third-order valence-corrected chi connectivity index (χ3v) is 7.20. The van der Waals surface area contributed by atoms with Crippen LogP contribution in [0.25, 0.3) is 0 Å². The van der Waals surface area contributed by atoms with Crippen LogP contribution < -0.4 is 14.4 Å². The molecule has 0 aliphatic rings. The minimum atomic E-state index is -3.92. The lowest BCUT2D eigenvalue weighted by Gasteiger charge is -2.25. The van der Waals surface area contributed by atoms with Crippen LogP contribution in [0.2, 0.25) is 0 Å². The molecule has 1 amide bonds. The number of sulfonamides is 1. The molecule has 0 atom stereocenters. The Morgan fingerprint density at radius 1 is 0.879 bits per heavy atom. The van der Waals surface area contributed by atoms with Crippen LogP contribution in [0.4, 0.5) is 5.69 Å². The van der Waals surface area contributed by atoms with Crippen LogP contribution in [0, 0.1) is 27.7 Å². The highest BCUT2D eigenvalue weighted by Gasteiger charge is 2.27. The Balaban J connectivity index is 1.71. The van der Waals surface area contributed by atoms with Gasteiger partial charge < -0.3 is 10.1 Å². The minimum Gasteiger partial charge on any atom is -0.491 e. The van der Waals surface area contributed by atoms with Crippen molar-refractivity contribution in [2.75, 3.05) is 24.0 Å². The number of carbonyl (C=O) groups is 1. The number of ether oxygens (including phenoxy) is 1. The van der Waals surface area contributed by atoms with Crippen LogP contribution in [0.3, 0.4) is 0 Å². The van der Waals surface area contributed by atoms with E-state index in [1.165, 1.54) is 12.1 Å². The molecular weight excluding hydrogens is 436 g/mol. The van der Waals surface area contributed by atoms with Gasteiger partial charge in [0.25, 0.3) is 10.0 Å². The van der Waals surface area contributed by atoms with E-state index in [9.17, 15) is 13.2 Å². The average Bonchev–Trinajstić information content (AvgIpc) is 2.78. The lowest BCUT2D eigenvalue weighted by atomic mass is 10.1. The number of anilines is 1. The average molecular weight is 467 g/mol. The lowest BCUT2D eigenvalue weighted by Crippen LogP contribution is -2.42. The van der Waals surface area contributed by atoms with Gasteiger partial charge in [-0.1, -0.05) is 42.0 Å². The van der Waals surface area contributed by atoms with Crippen LogP contribution in [-0.4, -0.2) is 34.0 Å². The summed E-state index contributed by atoms with van der Waals surface area (Å²) in [6.45, 7) is 8.07. The molecule has 174 valence electrons. The maximum absolute atomic E-state index is 13.4. The van der Waals surface area contributed by atoms with Crippen LogP contribution >= 0.6 is 0 Å². The second kappa shape index (κ2) is 10.5. The van der Waals surface area contributed by atoms with E-state index in [2.05, 4.69) is 5.32 Å². The van der Waals surface area contributed by atoms with E-state index in [0.717, 1.165) is 32.3 Å². The maximum atomic E-state index is 13.4. The van der Waals surface area contributed by atoms with Gasteiger partial charge in [0.2, 0.25) is 5.91 Å². The molecule has 0 spiro atoms. The van der Waals surface area contributed by atoms with Crippen LogP contribution in [-0.2, 0) is 14.8 Å². The summed E-state index contributed by atoms with van der Waals surface area (Å²) >= 11 is 0. The summed E-state index contributed by atoms with van der Waals surface area (Å²) in [5.74, 6) is 0.357. The first kappa shape index (κ1) is 24.3. The zero-order valence-electron chi connectivity index (χ0n) is 19.5. The van der Waals surface area contributed by atoms with Crippen molar-refractivity contribution in [3.05, 3.63) is 89.0 Å². The largest absolute Gasteiger partial charge is 0.491 e. The molecule has 0 aromatic heterocycles. The van der Waals surface area contributed by atoms with Gasteiger partial charge in [-0.3, -0.25) is 9.10 Å². The van der Waals surface area contributed by atoms with Gasteiger partial charge >= 0.3 is 0 Å². The van der Waals surface area contributed by atoms with Gasteiger partial charge in [-0.15, -0.1) is 0 Å². The molecular formula is C26H30N2O4S. The molecule has 0 saturated heterocycles. The summed E-state index contributed by atoms with van der Waals surface area (Å²) in [5.41, 5.74) is 4.62. The molecule has 1 N–H and O–H groups in total. The van der Waals surface area contributed by atoms with Crippen LogP contribution in [0.5, 0.6) is 5.75 Å². The summed E-state index contributed by atoms with van der Waals surface area (Å²) in [6.07, 6.45) is 0. The number of hydrogen-bond acceptors (Lipinski definition) is 4. The molecule has 0 saturated carbocycles. The standard InChI is InChI=1S/C26H30N2O4S/c1-19-10-13-25(22(4)16-19)32-15-14-27-26(29)18-28(23-12-11-20(2)21(3)17-23)33(30,31)24-8-6-5-7-9-24/h5-13,16-17H,14-15,18H2,1-4H3,(H,27,29). The Hall–Kier alpha value is -3.32. The van der Waals surface area contributed by atoms with Gasteiger partial charge in [-0.2, -0.15) is 0 Å². The summed E-state index contributed by atoms with van der Waals surface area (Å²) in [4.78, 5) is 12.8. The van der Waals surface area contributed by atoms with Gasteiger partial charge in [0.05, 0.1) is 17.1 Å². The van der Waals surface area contributed by atoms with Crippen molar-refractivity contribution in [1.82, 2.24) is 5.32 Å². The molecule has 3 aromatic rings. The summed E-state index contributed by atoms with van der Waals surface area (Å²) in [5, 5.41) is 2.76. The molecule has 0 fully saturated rings. The normalized spacial score (nSPS) is 11.2. The van der Waals surface area contributed by atoms with E-state index in [1.54, 1.807) is 30.3 Å². The monoisotopic (exact) mass is 466 g/mol. The SMILES string of the molecule is Cc1ccc(OCCNC(=O)CN(c2ccc(C)c(C)c2)S(=O)(=O)c2ccccc2)c(C)c1. The lowest BCUT2D eigenvalue weighted by molar-refractivity contribution is -0.119. The number of rotatable bonds is 9. The summed E-state index contributed by atoms with van der Waals surface area (Å²) < 4.78 is 33.6. The first-order valence-electron chi connectivity index (χ1n) is 10.8. The third kappa shape index (κ3) is 6.14. The van der Waals surface area contributed by atoms with Crippen molar-refractivity contribution >= 4 is 21.6 Å². The highest BCUT2D eigenvalue weighted by Crippen LogP contribution is 2.25. The fraction of sp³-hybridized carbons (Fsp3) is 0.269. The fourth-order valence-electron chi connectivity index (χ4n) is 3.41. The number of aryl methyl sites for hydroxylation is 4. The second-order valence-electron chi connectivity index (χ2n) is 8.06. The number of benzene rings is 3. The maximum Gasteiger partial charge on any atom is 0.264 e. The number of hydrogen-bond donors (Lipinski definition) is 1. The first-order chi connectivity index (χ1) is 15.7. The van der Waals surface area contributed by atoms with E-state index >= 15 is 0 Å². The van der Waals surface area contributed by atoms with Crippen molar-refractivity contribution in [3.8, 4) is 5.75 Å². The highest BCUT2D eigenvalue weighted by atomic mass is 32.2. The number of carbonyl (C=O) groups excluding carboxylic acids is 1. The van der Waals surface area contributed by atoms with E-state index < -0.39 is 15.9 Å². The van der Waals surface area contributed by atoms with Gasteiger partial charge in [-0.25, -0.2) is 8.42 Å². The topological polar surface area (TPSA) is 75.7 Å². The van der Waals surface area contributed by atoms with E-state index in [0.29, 0.717) is 5.69 Å². The summed E-state index contributed by atoms with van der Waals surface area (Å²) in [7, 11) is -3.92. The Kier molecular flexibility index (Phi) is 7.76. The quantitative estimate of drug-likeness (QED) is 0.477. The highest BCUT2D eigenvalue weighted by molar-refractivity contribution is 7.92. The molecule has 0 heterocycles. The second-order valence-corrected chi connectivity index (χ2v) is 9.92. The Morgan fingerprint density at radius 2 is 1.61 bits per heavy atom. The molecule has 0 aliphatic heterocycles. The molecule has 0 unspecified atom stereocenters. The van der Waals surface area contributed by atoms with Gasteiger partial charge in [0, 0.05) is 0 Å². The molecule has 3 aromatic carbocycles. The van der Waals surface area contributed by atoms with Crippen LogP contribution in [0.15, 0.2) is 71.6 Å². The molecule has 0 aliphatic carbocycles. The number of nitrogens with zero attached hydrogens (tertiary/aromatic N) is 1. The van der Waals surface area contributed by atoms with Gasteiger partial charge in [-0.05, 0) is 74.7 Å². The van der Waals surface area contributed by atoms with Crippen molar-refractivity contribution in [1.29, 1.82) is 0 Å². The number of amides is 1. The van der Waals surface area contributed by atoms with E-state index in [1.807, 2.05) is 52.0 Å². The van der Waals surface area contributed by atoms with Gasteiger partial charge in [0.15, 0.2) is 0 Å². The summed E-state index contributed by atoms with van der Waals surface area (Å²) in [6, 6.07) is 19.4. The first-order valence-corrected chi connectivity index (χ1v) is 12.2. The molecule has 0 bridgehead atoms. The Morgan fingerprint density at radius 3 is 2.27 bits per heavy atom.